The number of nitrogens with zero attached hydrogens (tertiary/aromatic N) is 2. The van der Waals surface area contributed by atoms with Crippen molar-refractivity contribution >= 4 is 17.5 Å². The predicted molar refractivity (Wildman–Crippen MR) is 78.6 cm³/mol. The van der Waals surface area contributed by atoms with Crippen LogP contribution in [0.25, 0.3) is 0 Å². The fraction of sp³-hybridized carbons (Fsp3) is 0.333. The molecule has 0 aliphatic carbocycles. The van der Waals surface area contributed by atoms with Crippen LogP contribution in [0, 0.1) is 6.92 Å². The Morgan fingerprint density at radius 1 is 1.32 bits per heavy atom. The van der Waals surface area contributed by atoms with Gasteiger partial charge in [-0.15, -0.1) is 11.8 Å². The highest BCUT2D eigenvalue weighted by atomic mass is 32.2. The highest BCUT2D eigenvalue weighted by molar-refractivity contribution is 7.98. The first-order valence-electron chi connectivity index (χ1n) is 6.37. The number of rotatable bonds is 5. The third kappa shape index (κ3) is 3.47. The lowest BCUT2D eigenvalue weighted by Crippen LogP contribution is -2.01. The molecule has 1 aromatic carbocycles. The number of aromatic nitrogens is 2. The number of carbonyl (C=O) groups excluding carboxylic acids is 1. The van der Waals surface area contributed by atoms with Crippen LogP contribution in [0.2, 0.25) is 0 Å². The summed E-state index contributed by atoms with van der Waals surface area (Å²) in [5.74, 6) is 1.00. The van der Waals surface area contributed by atoms with Gasteiger partial charge in [-0.25, -0.2) is 0 Å². The van der Waals surface area contributed by atoms with Gasteiger partial charge in [0.25, 0.3) is 0 Å². The Morgan fingerprint density at radius 2 is 2.00 bits per heavy atom. The summed E-state index contributed by atoms with van der Waals surface area (Å²) >= 11 is 1.76. The Kier molecular flexibility index (Phi) is 4.43. The second kappa shape index (κ2) is 6.06. The van der Waals surface area contributed by atoms with Gasteiger partial charge in [0.2, 0.25) is 0 Å². The lowest BCUT2D eigenvalue weighted by Gasteiger charge is -2.05. The van der Waals surface area contributed by atoms with Gasteiger partial charge >= 0.3 is 0 Å². The maximum Gasteiger partial charge on any atom is 0.159 e. The third-order valence-electron chi connectivity index (χ3n) is 2.93. The average Bonchev–Trinajstić information content (AvgIpc) is 2.77. The van der Waals surface area contributed by atoms with Crippen LogP contribution in [0.4, 0.5) is 0 Å². The molecule has 0 fully saturated rings. The van der Waals surface area contributed by atoms with Crippen molar-refractivity contribution in [2.24, 2.45) is 0 Å². The molecular weight excluding hydrogens is 256 g/mol. The Morgan fingerprint density at radius 3 is 2.58 bits per heavy atom. The van der Waals surface area contributed by atoms with Gasteiger partial charge in [-0.2, -0.15) is 5.10 Å². The smallest absolute Gasteiger partial charge is 0.159 e. The molecule has 1 heterocycles. The van der Waals surface area contributed by atoms with Gasteiger partial charge in [0, 0.05) is 28.5 Å². The maximum atomic E-state index is 11.2. The van der Waals surface area contributed by atoms with Crippen molar-refractivity contribution in [3.05, 3.63) is 47.3 Å². The summed E-state index contributed by atoms with van der Waals surface area (Å²) in [7, 11) is 0. The van der Waals surface area contributed by atoms with Crippen molar-refractivity contribution in [3.63, 3.8) is 0 Å². The van der Waals surface area contributed by atoms with Crippen LogP contribution in [0.3, 0.4) is 0 Å². The molecule has 0 N–H and O–H groups in total. The minimum atomic E-state index is 0.108. The molecule has 1 aromatic heterocycles. The first-order valence-corrected chi connectivity index (χ1v) is 7.36. The number of aryl methyl sites for hydroxylation is 2. The van der Waals surface area contributed by atoms with Crippen molar-refractivity contribution < 1.29 is 4.79 Å². The molecule has 0 atom stereocenters. The fourth-order valence-corrected chi connectivity index (χ4v) is 2.81. The Labute approximate surface area is 118 Å². The van der Waals surface area contributed by atoms with Gasteiger partial charge in [0.15, 0.2) is 5.78 Å². The third-order valence-corrected chi connectivity index (χ3v) is 3.98. The van der Waals surface area contributed by atoms with E-state index in [0.29, 0.717) is 0 Å². The lowest BCUT2D eigenvalue weighted by molar-refractivity contribution is 0.101. The van der Waals surface area contributed by atoms with Crippen molar-refractivity contribution in [1.82, 2.24) is 9.78 Å². The molecule has 4 heteroatoms. The van der Waals surface area contributed by atoms with Gasteiger partial charge in [-0.3, -0.25) is 9.48 Å². The van der Waals surface area contributed by atoms with Crippen molar-refractivity contribution in [2.75, 3.05) is 0 Å². The van der Waals surface area contributed by atoms with Crippen LogP contribution in [-0.4, -0.2) is 15.6 Å². The monoisotopic (exact) mass is 274 g/mol. The van der Waals surface area contributed by atoms with Gasteiger partial charge in [0.1, 0.15) is 0 Å². The normalized spacial score (nSPS) is 10.7. The fourth-order valence-electron chi connectivity index (χ4n) is 1.93. The lowest BCUT2D eigenvalue weighted by atomic mass is 10.2. The predicted octanol–water partition coefficient (Wildman–Crippen LogP) is 3.71. The van der Waals surface area contributed by atoms with Crippen LogP contribution in [-0.2, 0) is 12.3 Å². The molecule has 0 bridgehead atoms. The van der Waals surface area contributed by atoms with Crippen LogP contribution in [0.1, 0.15) is 35.6 Å². The van der Waals surface area contributed by atoms with E-state index in [0.717, 1.165) is 23.6 Å². The van der Waals surface area contributed by atoms with E-state index in [4.69, 9.17) is 0 Å². The van der Waals surface area contributed by atoms with Crippen molar-refractivity contribution in [3.8, 4) is 0 Å². The number of ketones is 1. The molecule has 0 aliphatic rings. The largest absolute Gasteiger partial charge is 0.295 e. The first kappa shape index (κ1) is 13.9. The molecule has 0 amide bonds. The number of thioether (sulfide) groups is 1. The van der Waals surface area contributed by atoms with Crippen molar-refractivity contribution in [1.29, 1.82) is 0 Å². The van der Waals surface area contributed by atoms with E-state index in [1.54, 1.807) is 18.7 Å². The van der Waals surface area contributed by atoms with Crippen LogP contribution in [0.5, 0.6) is 0 Å². The summed E-state index contributed by atoms with van der Waals surface area (Å²) in [6.07, 6.45) is 0. The maximum absolute atomic E-state index is 11.2. The Bertz CT molecular complexity index is 572. The molecule has 0 saturated heterocycles. The van der Waals surface area contributed by atoms with E-state index >= 15 is 0 Å². The van der Waals surface area contributed by atoms with Gasteiger partial charge in [0.05, 0.1) is 5.69 Å². The molecule has 3 nitrogen and oxygen atoms in total. The highest BCUT2D eigenvalue weighted by Gasteiger charge is 2.05. The van der Waals surface area contributed by atoms with E-state index in [2.05, 4.69) is 18.1 Å². The zero-order chi connectivity index (χ0) is 13.8. The summed E-state index contributed by atoms with van der Waals surface area (Å²) in [6.45, 7) is 6.60. The van der Waals surface area contributed by atoms with Crippen molar-refractivity contribution in [2.45, 2.75) is 38.0 Å². The number of carbonyl (C=O) groups is 1. The zero-order valence-electron chi connectivity index (χ0n) is 11.5. The van der Waals surface area contributed by atoms with Crippen LogP contribution < -0.4 is 0 Å². The van der Waals surface area contributed by atoms with Gasteiger partial charge in [-0.05, 0) is 39.0 Å². The second-order valence-electron chi connectivity index (χ2n) is 4.46. The standard InChI is InChI=1S/C15H18N2OS/c1-4-17-14(9-11(2)16-17)10-19-15-7-5-13(6-8-15)12(3)18/h5-9H,4,10H2,1-3H3. The quantitative estimate of drug-likeness (QED) is 0.616. The molecule has 2 rings (SSSR count). The minimum absolute atomic E-state index is 0.108. The van der Waals surface area contributed by atoms with Gasteiger partial charge < -0.3 is 0 Å². The van der Waals surface area contributed by atoms with E-state index < -0.39 is 0 Å². The van der Waals surface area contributed by atoms with E-state index in [1.165, 1.54) is 10.6 Å². The summed E-state index contributed by atoms with van der Waals surface area (Å²) in [5.41, 5.74) is 3.06. The molecule has 0 unspecified atom stereocenters. The molecule has 0 aliphatic heterocycles. The van der Waals surface area contributed by atoms with Gasteiger partial charge in [-0.1, -0.05) is 12.1 Å². The summed E-state index contributed by atoms with van der Waals surface area (Å²) in [6, 6.07) is 9.89. The number of benzene rings is 1. The number of hydrogen-bond acceptors (Lipinski definition) is 3. The molecular formula is C15H18N2OS. The Hall–Kier alpha value is -1.55. The summed E-state index contributed by atoms with van der Waals surface area (Å²) in [5, 5.41) is 4.44. The SMILES string of the molecule is CCn1nc(C)cc1CSc1ccc(C(C)=O)cc1. The highest BCUT2D eigenvalue weighted by Crippen LogP contribution is 2.23. The minimum Gasteiger partial charge on any atom is -0.295 e. The van der Waals surface area contributed by atoms with E-state index in [-0.39, 0.29) is 5.78 Å². The van der Waals surface area contributed by atoms with E-state index in [9.17, 15) is 4.79 Å². The molecule has 0 saturated carbocycles. The summed E-state index contributed by atoms with van der Waals surface area (Å²) in [4.78, 5) is 12.4. The molecule has 0 spiro atoms. The second-order valence-corrected chi connectivity index (χ2v) is 5.51. The Balaban J connectivity index is 2.03. The average molecular weight is 274 g/mol. The van der Waals surface area contributed by atoms with Crippen LogP contribution in [0.15, 0.2) is 35.2 Å². The first-order chi connectivity index (χ1) is 9.10. The zero-order valence-corrected chi connectivity index (χ0v) is 12.3. The number of Topliss-reactive ketones (excluding diaryl/α,β-unsaturated/α-hetero) is 1. The molecule has 19 heavy (non-hydrogen) atoms. The topological polar surface area (TPSA) is 34.9 Å². The molecule has 0 radical (unpaired) electrons. The number of hydrogen-bond donors (Lipinski definition) is 0. The van der Waals surface area contributed by atoms with Crippen LogP contribution >= 0.6 is 11.8 Å². The van der Waals surface area contributed by atoms with E-state index in [1.807, 2.05) is 35.9 Å². The molecule has 2 aromatic rings. The molecule has 100 valence electrons. The summed E-state index contributed by atoms with van der Waals surface area (Å²) < 4.78 is 2.03.